The third-order valence-electron chi connectivity index (χ3n) is 7.48. The van der Waals surface area contributed by atoms with Crippen LogP contribution in [0.25, 0.3) is 10.9 Å². The molecule has 5 rings (SSSR count). The molecule has 0 saturated heterocycles. The summed E-state index contributed by atoms with van der Waals surface area (Å²) in [6.07, 6.45) is 0.793. The molecule has 0 aliphatic rings. The molecule has 0 spiro atoms. The number of tetrazole rings is 1. The summed E-state index contributed by atoms with van der Waals surface area (Å²) in [4.78, 5) is 19.1. The lowest BCUT2D eigenvalue weighted by molar-refractivity contribution is 0.180. The van der Waals surface area contributed by atoms with E-state index in [1.807, 2.05) is 54.1 Å². The fourth-order valence-corrected chi connectivity index (χ4v) is 4.93. The van der Waals surface area contributed by atoms with Crippen molar-refractivity contribution in [3.05, 3.63) is 123 Å². The van der Waals surface area contributed by atoms with Crippen molar-refractivity contribution in [1.29, 1.82) is 0 Å². The van der Waals surface area contributed by atoms with Gasteiger partial charge in [-0.25, -0.2) is 9.07 Å². The molecule has 0 aliphatic carbocycles. The molecule has 1 atom stereocenters. The van der Waals surface area contributed by atoms with Gasteiger partial charge in [0.2, 0.25) is 0 Å². The van der Waals surface area contributed by atoms with E-state index < -0.39 is 6.04 Å². The lowest BCUT2D eigenvalue weighted by Crippen LogP contribution is -2.38. The highest BCUT2D eigenvalue weighted by Crippen LogP contribution is 2.33. The van der Waals surface area contributed by atoms with E-state index in [1.54, 1.807) is 12.1 Å². The highest BCUT2D eigenvalue weighted by molar-refractivity contribution is 5.82. The normalized spacial score (nSPS) is 12.8. The molecule has 0 radical (unpaired) electrons. The highest BCUT2D eigenvalue weighted by atomic mass is 19.1. The van der Waals surface area contributed by atoms with Gasteiger partial charge >= 0.3 is 0 Å². The zero-order valence-electron chi connectivity index (χ0n) is 22.7. The van der Waals surface area contributed by atoms with Crippen LogP contribution in [0.5, 0.6) is 0 Å². The molecule has 2 heterocycles. The van der Waals surface area contributed by atoms with Gasteiger partial charge < -0.3 is 4.98 Å². The van der Waals surface area contributed by atoms with Crippen LogP contribution in [0.2, 0.25) is 0 Å². The van der Waals surface area contributed by atoms with Gasteiger partial charge in [0.25, 0.3) is 5.56 Å². The number of rotatable bonds is 9. The summed E-state index contributed by atoms with van der Waals surface area (Å²) in [6.45, 7) is 9.21. The average Bonchev–Trinajstić information content (AvgIpc) is 3.42. The van der Waals surface area contributed by atoms with Gasteiger partial charge in [-0.05, 0) is 77.9 Å². The topological polar surface area (TPSA) is 79.7 Å². The number of nitrogens with one attached hydrogen (secondary N) is 1. The van der Waals surface area contributed by atoms with Crippen molar-refractivity contribution < 1.29 is 4.39 Å². The Labute approximate surface area is 227 Å². The van der Waals surface area contributed by atoms with Gasteiger partial charge in [0, 0.05) is 18.7 Å². The van der Waals surface area contributed by atoms with Crippen LogP contribution in [0.15, 0.2) is 83.7 Å². The number of fused-ring (bicyclic) bond motifs is 1. The third-order valence-corrected chi connectivity index (χ3v) is 7.48. The van der Waals surface area contributed by atoms with Crippen LogP contribution in [-0.2, 0) is 18.6 Å². The van der Waals surface area contributed by atoms with Gasteiger partial charge in [-0.15, -0.1) is 5.10 Å². The first kappa shape index (κ1) is 26.4. The van der Waals surface area contributed by atoms with E-state index in [0.717, 1.165) is 34.0 Å². The molecule has 0 fully saturated rings. The van der Waals surface area contributed by atoms with Gasteiger partial charge in [-0.3, -0.25) is 9.69 Å². The largest absolute Gasteiger partial charge is 0.321 e. The lowest BCUT2D eigenvalue weighted by atomic mass is 9.98. The Morgan fingerprint density at radius 2 is 1.67 bits per heavy atom. The molecule has 3 aromatic carbocycles. The summed E-state index contributed by atoms with van der Waals surface area (Å²) in [5.74, 6) is 0.289. The zero-order chi connectivity index (χ0) is 27.6. The number of aromatic amines is 1. The van der Waals surface area contributed by atoms with Crippen LogP contribution >= 0.6 is 0 Å². The average molecular weight is 525 g/mol. The summed E-state index contributed by atoms with van der Waals surface area (Å²) < 4.78 is 15.6. The summed E-state index contributed by atoms with van der Waals surface area (Å²) in [5, 5.41) is 13.9. The number of H-pyrrole nitrogens is 1. The van der Waals surface area contributed by atoms with E-state index in [1.165, 1.54) is 12.1 Å². The molecule has 1 unspecified atom stereocenters. The Balaban J connectivity index is 1.74. The SMILES string of the molecule is CCC(C)(C)n1nnnc1C(c1cc2cccc(C)c2[nH]c1=O)N(Cc1ccccc1)Cc1ccc(F)cc1. The third kappa shape index (κ3) is 5.52. The first-order valence-corrected chi connectivity index (χ1v) is 13.2. The second-order valence-electron chi connectivity index (χ2n) is 10.6. The van der Waals surface area contributed by atoms with E-state index in [0.29, 0.717) is 24.5 Å². The number of halogens is 1. The van der Waals surface area contributed by atoms with Crippen LogP contribution in [0.4, 0.5) is 4.39 Å². The Hall–Kier alpha value is -4.17. The number of aromatic nitrogens is 5. The molecule has 2 aromatic heterocycles. The Morgan fingerprint density at radius 1 is 0.974 bits per heavy atom. The van der Waals surface area contributed by atoms with Crippen molar-refractivity contribution in [2.75, 3.05) is 0 Å². The van der Waals surface area contributed by atoms with Crippen LogP contribution in [0.1, 0.15) is 61.3 Å². The standard InChI is InChI=1S/C31H33FN6O/c1-5-31(3,4)38-29(34-35-36-38)28(26-18-24-13-9-10-21(2)27(24)33-30(26)39)37(19-22-11-7-6-8-12-22)20-23-14-16-25(32)17-15-23/h6-18,28H,5,19-20H2,1-4H3,(H,33,39). The number of para-hydroxylation sites is 1. The van der Waals surface area contributed by atoms with Gasteiger partial charge in [0.1, 0.15) is 11.9 Å². The summed E-state index contributed by atoms with van der Waals surface area (Å²) in [5.41, 5.74) is 3.78. The van der Waals surface area contributed by atoms with E-state index in [-0.39, 0.29) is 16.9 Å². The Bertz CT molecular complexity index is 1630. The minimum absolute atomic E-state index is 0.192. The van der Waals surface area contributed by atoms with Crippen LogP contribution < -0.4 is 5.56 Å². The maximum atomic E-state index is 13.8. The first-order valence-electron chi connectivity index (χ1n) is 13.2. The van der Waals surface area contributed by atoms with Gasteiger partial charge in [-0.1, -0.05) is 67.6 Å². The minimum atomic E-state index is -0.579. The minimum Gasteiger partial charge on any atom is -0.321 e. The monoisotopic (exact) mass is 524 g/mol. The zero-order valence-corrected chi connectivity index (χ0v) is 22.7. The Morgan fingerprint density at radius 3 is 2.36 bits per heavy atom. The van der Waals surface area contributed by atoms with Crippen molar-refractivity contribution in [3.63, 3.8) is 0 Å². The van der Waals surface area contributed by atoms with E-state index in [9.17, 15) is 9.18 Å². The second-order valence-corrected chi connectivity index (χ2v) is 10.6. The molecule has 1 N–H and O–H groups in total. The summed E-state index contributed by atoms with van der Waals surface area (Å²) in [6, 6.07) is 23.9. The van der Waals surface area contributed by atoms with Crippen molar-refractivity contribution in [2.45, 2.75) is 58.8 Å². The lowest BCUT2D eigenvalue weighted by Gasteiger charge is -2.33. The van der Waals surface area contributed by atoms with Crippen molar-refractivity contribution >= 4 is 10.9 Å². The first-order chi connectivity index (χ1) is 18.8. The van der Waals surface area contributed by atoms with Crippen molar-refractivity contribution in [1.82, 2.24) is 30.1 Å². The predicted molar refractivity (Wildman–Crippen MR) is 151 cm³/mol. The van der Waals surface area contributed by atoms with Crippen LogP contribution in [0, 0.1) is 12.7 Å². The van der Waals surface area contributed by atoms with Crippen LogP contribution in [-0.4, -0.2) is 30.1 Å². The quantitative estimate of drug-likeness (QED) is 0.260. The van der Waals surface area contributed by atoms with E-state index in [2.05, 4.69) is 58.3 Å². The maximum absolute atomic E-state index is 13.8. The summed E-state index contributed by atoms with van der Waals surface area (Å²) in [7, 11) is 0. The Kier molecular flexibility index (Phi) is 7.39. The van der Waals surface area contributed by atoms with Crippen molar-refractivity contribution in [2.24, 2.45) is 0 Å². The van der Waals surface area contributed by atoms with Gasteiger partial charge in [-0.2, -0.15) is 0 Å². The maximum Gasteiger partial charge on any atom is 0.253 e. The molecular formula is C31H33FN6O. The molecule has 0 bridgehead atoms. The number of aryl methyl sites for hydroxylation is 1. The number of pyridine rings is 1. The van der Waals surface area contributed by atoms with Gasteiger partial charge in [0.05, 0.1) is 11.1 Å². The van der Waals surface area contributed by atoms with Crippen molar-refractivity contribution in [3.8, 4) is 0 Å². The molecule has 5 aromatic rings. The molecule has 8 heteroatoms. The fourth-order valence-electron chi connectivity index (χ4n) is 4.93. The molecule has 0 saturated carbocycles. The van der Waals surface area contributed by atoms with E-state index in [4.69, 9.17) is 0 Å². The molecule has 200 valence electrons. The fraction of sp³-hybridized carbons (Fsp3) is 0.290. The smallest absolute Gasteiger partial charge is 0.253 e. The molecule has 7 nitrogen and oxygen atoms in total. The predicted octanol–water partition coefficient (Wildman–Crippen LogP) is 5.90. The van der Waals surface area contributed by atoms with E-state index >= 15 is 0 Å². The van der Waals surface area contributed by atoms with Gasteiger partial charge in [0.15, 0.2) is 5.82 Å². The van der Waals surface area contributed by atoms with Crippen LogP contribution in [0.3, 0.4) is 0 Å². The highest BCUT2D eigenvalue weighted by Gasteiger charge is 2.34. The molecular weight excluding hydrogens is 491 g/mol. The molecule has 39 heavy (non-hydrogen) atoms. The number of hydrogen-bond acceptors (Lipinski definition) is 5. The molecule has 0 amide bonds. The number of hydrogen-bond donors (Lipinski definition) is 1. The second kappa shape index (κ2) is 10.9. The number of nitrogens with zero attached hydrogens (tertiary/aromatic N) is 5. The number of benzene rings is 3. The molecule has 0 aliphatic heterocycles. The summed E-state index contributed by atoms with van der Waals surface area (Å²) >= 11 is 0.